The molecule has 2 aromatic rings. The van der Waals surface area contributed by atoms with E-state index in [1.165, 1.54) is 18.2 Å². The number of Topliss-reactive ketones (excluding diaryl/α,β-unsaturated/α-hetero) is 1. The Morgan fingerprint density at radius 2 is 1.86 bits per heavy atom. The predicted molar refractivity (Wildman–Crippen MR) is 82.5 cm³/mol. The molecule has 0 unspecified atom stereocenters. The molecule has 0 bridgehead atoms. The van der Waals surface area contributed by atoms with Crippen LogP contribution in [0.5, 0.6) is 5.75 Å². The lowest BCUT2D eigenvalue weighted by molar-refractivity contribution is 0.0921. The molecule has 0 aromatic heterocycles. The summed E-state index contributed by atoms with van der Waals surface area (Å²) < 4.78 is 5.35. The molecule has 2 aromatic carbocycles. The maximum Gasteiger partial charge on any atom is 0.201 e. The summed E-state index contributed by atoms with van der Waals surface area (Å²) in [6, 6.07) is 11.1. The van der Waals surface area contributed by atoms with Crippen molar-refractivity contribution < 1.29 is 9.53 Å². The monoisotopic (exact) mass is 339 g/mol. The normalized spacial score (nSPS) is 10.0. The van der Waals surface area contributed by atoms with Gasteiger partial charge in [0, 0.05) is 16.7 Å². The first-order chi connectivity index (χ1) is 10.0. The molecule has 0 N–H and O–H groups in total. The first-order valence-corrected chi connectivity index (χ1v) is 6.95. The van der Waals surface area contributed by atoms with Gasteiger partial charge in [0.1, 0.15) is 11.8 Å². The van der Waals surface area contributed by atoms with Gasteiger partial charge in [-0.2, -0.15) is 5.26 Å². The molecule has 0 atom stereocenters. The first kappa shape index (κ1) is 15.7. The number of carbonyl (C=O) groups is 1. The van der Waals surface area contributed by atoms with E-state index < -0.39 is 0 Å². The van der Waals surface area contributed by atoms with Crippen LogP contribution in [-0.4, -0.2) is 12.4 Å². The predicted octanol–water partition coefficient (Wildman–Crippen LogP) is 4.78. The Labute approximate surface area is 136 Å². The van der Waals surface area contributed by atoms with Crippen molar-refractivity contribution in [1.82, 2.24) is 0 Å². The van der Waals surface area contributed by atoms with Gasteiger partial charge < -0.3 is 4.74 Å². The zero-order valence-electron chi connectivity index (χ0n) is 10.6. The smallest absolute Gasteiger partial charge is 0.201 e. The van der Waals surface area contributed by atoms with Crippen molar-refractivity contribution in [2.75, 3.05) is 6.61 Å². The summed E-state index contributed by atoms with van der Waals surface area (Å²) >= 11 is 17.6. The Morgan fingerprint density at radius 3 is 2.48 bits per heavy atom. The van der Waals surface area contributed by atoms with Gasteiger partial charge >= 0.3 is 0 Å². The second kappa shape index (κ2) is 6.82. The summed E-state index contributed by atoms with van der Waals surface area (Å²) in [6.45, 7) is -0.191. The number of carbonyl (C=O) groups excluding carboxylic acids is 1. The largest absolute Gasteiger partial charge is 0.485 e. The van der Waals surface area contributed by atoms with E-state index in [1.54, 1.807) is 18.2 Å². The van der Waals surface area contributed by atoms with Crippen molar-refractivity contribution in [3.8, 4) is 11.8 Å². The van der Waals surface area contributed by atoms with Gasteiger partial charge in [-0.15, -0.1) is 0 Å². The highest BCUT2D eigenvalue weighted by Gasteiger charge is 2.12. The highest BCUT2D eigenvalue weighted by Crippen LogP contribution is 2.24. The van der Waals surface area contributed by atoms with Crippen molar-refractivity contribution in [1.29, 1.82) is 5.26 Å². The fraction of sp³-hybridized carbons (Fsp3) is 0.0667. The van der Waals surface area contributed by atoms with Crippen LogP contribution in [0.1, 0.15) is 15.9 Å². The molecule has 106 valence electrons. The molecule has 0 aliphatic carbocycles. The van der Waals surface area contributed by atoms with E-state index in [9.17, 15) is 4.79 Å². The van der Waals surface area contributed by atoms with E-state index in [1.807, 2.05) is 6.07 Å². The van der Waals surface area contributed by atoms with Crippen LogP contribution in [-0.2, 0) is 0 Å². The van der Waals surface area contributed by atoms with Crippen molar-refractivity contribution in [2.45, 2.75) is 0 Å². The summed E-state index contributed by atoms with van der Waals surface area (Å²) in [5.74, 6) is 0.120. The number of nitrogens with zero attached hydrogens (tertiary/aromatic N) is 1. The van der Waals surface area contributed by atoms with E-state index in [-0.39, 0.29) is 22.4 Å². The van der Waals surface area contributed by atoms with Crippen molar-refractivity contribution in [3.05, 3.63) is 62.6 Å². The third-order valence-electron chi connectivity index (χ3n) is 2.66. The molecule has 0 amide bonds. The topological polar surface area (TPSA) is 50.1 Å². The number of hydrogen-bond acceptors (Lipinski definition) is 3. The number of benzene rings is 2. The molecule has 0 saturated carbocycles. The average Bonchev–Trinajstić information content (AvgIpc) is 2.45. The molecular weight excluding hydrogens is 333 g/mol. The van der Waals surface area contributed by atoms with E-state index in [2.05, 4.69) is 0 Å². The van der Waals surface area contributed by atoms with Gasteiger partial charge in [0.05, 0.1) is 15.6 Å². The third kappa shape index (κ3) is 3.89. The van der Waals surface area contributed by atoms with Crippen molar-refractivity contribution in [2.24, 2.45) is 0 Å². The van der Waals surface area contributed by atoms with Crippen molar-refractivity contribution in [3.63, 3.8) is 0 Å². The Bertz CT molecular complexity index is 738. The molecule has 0 saturated heterocycles. The van der Waals surface area contributed by atoms with Crippen LogP contribution in [0.4, 0.5) is 0 Å². The Hall–Kier alpha value is -1.73. The van der Waals surface area contributed by atoms with E-state index in [0.29, 0.717) is 21.9 Å². The van der Waals surface area contributed by atoms with Gasteiger partial charge in [0.15, 0.2) is 6.61 Å². The van der Waals surface area contributed by atoms with Crippen LogP contribution in [0.3, 0.4) is 0 Å². The van der Waals surface area contributed by atoms with Gasteiger partial charge in [-0.1, -0.05) is 34.8 Å². The minimum absolute atomic E-state index is 0.191. The molecular formula is C15H8Cl3NO2. The maximum absolute atomic E-state index is 12.0. The molecule has 0 fully saturated rings. The average molecular weight is 341 g/mol. The number of ether oxygens (including phenoxy) is 1. The van der Waals surface area contributed by atoms with Crippen LogP contribution in [0.25, 0.3) is 0 Å². The first-order valence-electron chi connectivity index (χ1n) is 5.82. The standard InChI is InChI=1S/C15H8Cl3NO2/c16-10-2-4-12(14(18)5-10)15(20)8-21-11-3-1-9(7-19)13(17)6-11/h1-6H,8H2. The lowest BCUT2D eigenvalue weighted by Crippen LogP contribution is -2.12. The lowest BCUT2D eigenvalue weighted by Gasteiger charge is -2.07. The summed E-state index contributed by atoms with van der Waals surface area (Å²) in [7, 11) is 0. The fourth-order valence-electron chi connectivity index (χ4n) is 1.62. The van der Waals surface area contributed by atoms with E-state index >= 15 is 0 Å². The molecule has 0 aliphatic rings. The van der Waals surface area contributed by atoms with Crippen LogP contribution >= 0.6 is 34.8 Å². The summed E-state index contributed by atoms with van der Waals surface area (Å²) in [6.07, 6.45) is 0. The number of hydrogen-bond donors (Lipinski definition) is 0. The molecule has 0 radical (unpaired) electrons. The molecule has 6 heteroatoms. The van der Waals surface area contributed by atoms with Gasteiger partial charge in [-0.05, 0) is 30.3 Å². The van der Waals surface area contributed by atoms with Gasteiger partial charge in [-0.25, -0.2) is 0 Å². The number of nitriles is 1. The van der Waals surface area contributed by atoms with Crippen LogP contribution in [0.2, 0.25) is 15.1 Å². The fourth-order valence-corrected chi connectivity index (χ4v) is 2.35. The highest BCUT2D eigenvalue weighted by molar-refractivity contribution is 6.36. The maximum atomic E-state index is 12.0. The van der Waals surface area contributed by atoms with E-state index in [4.69, 9.17) is 44.8 Å². The molecule has 21 heavy (non-hydrogen) atoms. The van der Waals surface area contributed by atoms with Gasteiger partial charge in [-0.3, -0.25) is 4.79 Å². The second-order valence-electron chi connectivity index (χ2n) is 4.09. The van der Waals surface area contributed by atoms with Crippen LogP contribution in [0, 0.1) is 11.3 Å². The van der Waals surface area contributed by atoms with E-state index in [0.717, 1.165) is 0 Å². The third-order valence-corrected chi connectivity index (χ3v) is 3.52. The summed E-state index contributed by atoms with van der Waals surface area (Å²) in [4.78, 5) is 12.0. The SMILES string of the molecule is N#Cc1ccc(OCC(=O)c2ccc(Cl)cc2Cl)cc1Cl. The lowest BCUT2D eigenvalue weighted by atomic mass is 10.1. The molecule has 3 nitrogen and oxygen atoms in total. The van der Waals surface area contributed by atoms with Crippen LogP contribution in [0.15, 0.2) is 36.4 Å². The molecule has 0 aliphatic heterocycles. The van der Waals surface area contributed by atoms with Crippen molar-refractivity contribution >= 4 is 40.6 Å². The van der Waals surface area contributed by atoms with Gasteiger partial charge in [0.2, 0.25) is 5.78 Å². The van der Waals surface area contributed by atoms with Gasteiger partial charge in [0.25, 0.3) is 0 Å². The summed E-state index contributed by atoms with van der Waals surface area (Å²) in [5.41, 5.74) is 0.678. The Morgan fingerprint density at radius 1 is 1.10 bits per heavy atom. The number of ketones is 1. The minimum atomic E-state index is -0.280. The zero-order valence-corrected chi connectivity index (χ0v) is 12.8. The Balaban J connectivity index is 2.07. The number of halogens is 3. The molecule has 2 rings (SSSR count). The quantitative estimate of drug-likeness (QED) is 0.753. The Kier molecular flexibility index (Phi) is 5.08. The minimum Gasteiger partial charge on any atom is -0.485 e. The second-order valence-corrected chi connectivity index (χ2v) is 5.34. The summed E-state index contributed by atoms with van der Waals surface area (Å²) in [5, 5.41) is 9.77. The molecule has 0 spiro atoms. The highest BCUT2D eigenvalue weighted by atomic mass is 35.5. The van der Waals surface area contributed by atoms with Crippen LogP contribution < -0.4 is 4.74 Å². The molecule has 0 heterocycles. The zero-order chi connectivity index (χ0) is 15.4. The number of rotatable bonds is 4.